The SMILES string of the molecule is Cl.NCC(=O)N[C@@H](c1ccccc1-c1ccc(Cl)cc1)C1CCN(c2ccc(C(=O)CS(=O)(=O)c3ccc(C[C@H](CCN4CCOCC4)CSc4ccccc4)c(S(=O)(=O)C(F)(F)F)c3)cc2)CC1. The van der Waals surface area contributed by atoms with Crippen molar-refractivity contribution in [2.45, 2.75) is 51.9 Å². The molecule has 19 heteroatoms. The molecule has 370 valence electrons. The van der Waals surface area contributed by atoms with E-state index in [4.69, 9.17) is 22.1 Å². The Kier molecular flexibility index (Phi) is 18.8. The van der Waals surface area contributed by atoms with Crippen molar-refractivity contribution in [2.75, 3.05) is 68.9 Å². The van der Waals surface area contributed by atoms with Gasteiger partial charge in [0, 0.05) is 53.1 Å². The number of benzene rings is 5. The normalized spacial score (nSPS) is 16.0. The number of ketones is 1. The van der Waals surface area contributed by atoms with E-state index in [0.29, 0.717) is 82.0 Å². The number of hydrogen-bond donors (Lipinski definition) is 2. The van der Waals surface area contributed by atoms with Gasteiger partial charge in [0.15, 0.2) is 15.6 Å². The molecule has 1 amide bonds. The van der Waals surface area contributed by atoms with E-state index in [9.17, 15) is 39.6 Å². The first kappa shape index (κ1) is 53.9. The fraction of sp³-hybridized carbons (Fsp3) is 0.360. The smallest absolute Gasteiger partial charge is 0.379 e. The summed E-state index contributed by atoms with van der Waals surface area (Å²) in [6, 6.07) is 33.7. The number of morpholine rings is 1. The zero-order valence-corrected chi connectivity index (χ0v) is 41.7. The molecule has 2 fully saturated rings. The minimum absolute atomic E-state index is 0. The lowest BCUT2D eigenvalue weighted by Gasteiger charge is -2.38. The Morgan fingerprint density at radius 3 is 2.14 bits per heavy atom. The van der Waals surface area contributed by atoms with Crippen LogP contribution in [-0.4, -0.2) is 103 Å². The van der Waals surface area contributed by atoms with Crippen LogP contribution in [0.15, 0.2) is 136 Å². The van der Waals surface area contributed by atoms with E-state index in [1.54, 1.807) is 12.1 Å². The van der Waals surface area contributed by atoms with E-state index in [-0.39, 0.29) is 60.3 Å². The van der Waals surface area contributed by atoms with Gasteiger partial charge in [-0.15, -0.1) is 24.2 Å². The largest absolute Gasteiger partial charge is 0.501 e. The van der Waals surface area contributed by atoms with Gasteiger partial charge in [-0.3, -0.25) is 14.5 Å². The number of hydrogen-bond acceptors (Lipinski definition) is 11. The Bertz CT molecular complexity index is 2740. The number of carbonyl (C=O) groups excluding carboxylic acids is 2. The average molecular weight is 1050 g/mol. The van der Waals surface area contributed by atoms with E-state index in [1.165, 1.54) is 23.9 Å². The molecule has 0 radical (unpaired) electrons. The van der Waals surface area contributed by atoms with Gasteiger partial charge in [0.25, 0.3) is 9.84 Å². The first-order valence-electron chi connectivity index (χ1n) is 22.4. The molecule has 11 nitrogen and oxygen atoms in total. The number of nitrogens with zero attached hydrogens (tertiary/aromatic N) is 2. The molecular formula is C50H55Cl2F3N4O7S3. The van der Waals surface area contributed by atoms with Gasteiger partial charge in [-0.2, -0.15) is 13.2 Å². The Morgan fingerprint density at radius 2 is 1.49 bits per heavy atom. The molecule has 2 saturated heterocycles. The molecule has 2 heterocycles. The maximum atomic E-state index is 14.3. The standard InChI is InChI=1S/C50H54ClF3N4O7S3.ClH/c51-40-15-10-36(11-16-40)44-8-4-5-9-45(44)49(56-48(60)32-55)38-21-24-58(25-22-38)41-17-12-37(13-18-41)46(59)34-67(61,62)43-19-14-39(47(31-43)68(63,64)50(52,53)54)30-35(20-23-57-26-28-65-29-27-57)33-66-42-6-2-1-3-7-42;/h1-19,31,35,38,49H,20-30,32-34,55H2,(H,56,60);1H/t35-,49+;/m0./s1. The molecule has 0 spiro atoms. The third-order valence-electron chi connectivity index (χ3n) is 12.5. The van der Waals surface area contributed by atoms with Crippen LogP contribution in [0.2, 0.25) is 5.02 Å². The van der Waals surface area contributed by atoms with E-state index in [0.717, 1.165) is 39.4 Å². The lowest BCUT2D eigenvalue weighted by Crippen LogP contribution is -2.42. The van der Waals surface area contributed by atoms with Crippen molar-refractivity contribution in [1.29, 1.82) is 0 Å². The number of Topliss-reactive ketones (excluding diaryl/α,β-unsaturated/α-hetero) is 1. The van der Waals surface area contributed by atoms with Gasteiger partial charge >= 0.3 is 5.51 Å². The van der Waals surface area contributed by atoms with Crippen LogP contribution >= 0.6 is 35.8 Å². The number of sulfone groups is 2. The van der Waals surface area contributed by atoms with Crippen molar-refractivity contribution < 1.29 is 44.3 Å². The van der Waals surface area contributed by atoms with Crippen LogP contribution in [0.4, 0.5) is 18.9 Å². The number of piperidine rings is 1. The molecule has 5 aromatic rings. The monoisotopic (exact) mass is 1050 g/mol. The molecule has 2 atom stereocenters. The Labute approximate surface area is 417 Å². The molecule has 0 saturated carbocycles. The minimum atomic E-state index is -5.99. The predicted molar refractivity (Wildman–Crippen MR) is 268 cm³/mol. The Hall–Kier alpha value is -4.46. The number of alkyl halides is 3. The van der Waals surface area contributed by atoms with Crippen molar-refractivity contribution in [3.8, 4) is 11.1 Å². The second-order valence-electron chi connectivity index (χ2n) is 17.1. The third kappa shape index (κ3) is 13.9. The Morgan fingerprint density at radius 1 is 0.841 bits per heavy atom. The minimum Gasteiger partial charge on any atom is -0.379 e. The lowest BCUT2D eigenvalue weighted by atomic mass is 9.82. The highest BCUT2D eigenvalue weighted by molar-refractivity contribution is 7.99. The van der Waals surface area contributed by atoms with Crippen molar-refractivity contribution in [1.82, 2.24) is 10.2 Å². The number of anilines is 1. The van der Waals surface area contributed by atoms with Crippen LogP contribution in [0, 0.1) is 11.8 Å². The zero-order valence-electron chi connectivity index (χ0n) is 37.7. The molecule has 0 unspecified atom stereocenters. The summed E-state index contributed by atoms with van der Waals surface area (Å²) in [5.74, 6) is -1.91. The van der Waals surface area contributed by atoms with E-state index < -0.39 is 46.5 Å². The molecule has 0 aromatic heterocycles. The number of carbonyl (C=O) groups is 2. The van der Waals surface area contributed by atoms with E-state index in [1.807, 2.05) is 78.9 Å². The number of nitrogens with two attached hydrogens (primary N) is 1. The number of halogens is 5. The number of nitrogens with one attached hydrogen (secondary N) is 1. The lowest BCUT2D eigenvalue weighted by molar-refractivity contribution is -0.120. The van der Waals surface area contributed by atoms with Gasteiger partial charge in [-0.25, -0.2) is 16.8 Å². The number of thioether (sulfide) groups is 1. The fourth-order valence-corrected chi connectivity index (χ4v) is 12.3. The summed E-state index contributed by atoms with van der Waals surface area (Å²) >= 11 is 7.68. The van der Waals surface area contributed by atoms with Crippen molar-refractivity contribution in [2.24, 2.45) is 17.6 Å². The summed E-state index contributed by atoms with van der Waals surface area (Å²) in [7, 11) is -10.6. The van der Waals surface area contributed by atoms with Gasteiger partial charge in [0.1, 0.15) is 5.75 Å². The number of ether oxygens (including phenoxy) is 1. The fourth-order valence-electron chi connectivity index (χ4n) is 8.78. The van der Waals surface area contributed by atoms with Crippen LogP contribution < -0.4 is 16.0 Å². The third-order valence-corrected chi connectivity index (χ3v) is 17.2. The maximum absolute atomic E-state index is 14.3. The molecule has 2 aliphatic rings. The predicted octanol–water partition coefficient (Wildman–Crippen LogP) is 9.08. The average Bonchev–Trinajstić information content (AvgIpc) is 3.34. The summed E-state index contributed by atoms with van der Waals surface area (Å²) in [5.41, 5.74) is 3.62. The van der Waals surface area contributed by atoms with Gasteiger partial charge in [0.2, 0.25) is 5.91 Å². The van der Waals surface area contributed by atoms with Gasteiger partial charge < -0.3 is 20.7 Å². The maximum Gasteiger partial charge on any atom is 0.501 e. The van der Waals surface area contributed by atoms with Crippen LogP contribution in [0.3, 0.4) is 0 Å². The highest BCUT2D eigenvalue weighted by Crippen LogP contribution is 2.39. The molecule has 0 bridgehead atoms. The summed E-state index contributed by atoms with van der Waals surface area (Å²) in [6.07, 6.45) is 1.90. The van der Waals surface area contributed by atoms with Crippen LogP contribution in [0.25, 0.3) is 11.1 Å². The van der Waals surface area contributed by atoms with E-state index >= 15 is 0 Å². The zero-order chi connectivity index (χ0) is 48.5. The molecule has 7 rings (SSSR count). The van der Waals surface area contributed by atoms with Crippen molar-refractivity contribution in [3.63, 3.8) is 0 Å². The quantitative estimate of drug-likeness (QED) is 0.0601. The Balaban J connectivity index is 0.00000782. The number of rotatable bonds is 19. The summed E-state index contributed by atoms with van der Waals surface area (Å²) < 4.78 is 102. The molecule has 3 N–H and O–H groups in total. The molecule has 69 heavy (non-hydrogen) atoms. The van der Waals surface area contributed by atoms with Gasteiger partial charge in [-0.1, -0.05) is 72.3 Å². The topological polar surface area (TPSA) is 156 Å². The van der Waals surface area contributed by atoms with Crippen LogP contribution in [0.5, 0.6) is 0 Å². The van der Waals surface area contributed by atoms with E-state index in [2.05, 4.69) is 15.1 Å². The van der Waals surface area contributed by atoms with Gasteiger partial charge in [-0.05, 0) is 127 Å². The molecular weight excluding hydrogens is 993 g/mol. The van der Waals surface area contributed by atoms with Crippen molar-refractivity contribution >= 4 is 72.8 Å². The molecule has 5 aromatic carbocycles. The summed E-state index contributed by atoms with van der Waals surface area (Å²) in [5, 5.41) is 3.76. The molecule has 0 aliphatic carbocycles. The second kappa shape index (κ2) is 24.1. The first-order chi connectivity index (χ1) is 32.5. The second-order valence-corrected chi connectivity index (χ2v) is 22.5. The van der Waals surface area contributed by atoms with Crippen LogP contribution in [-0.2, 0) is 35.6 Å². The highest BCUT2D eigenvalue weighted by atomic mass is 35.5. The molecule has 2 aliphatic heterocycles. The summed E-state index contributed by atoms with van der Waals surface area (Å²) in [6.45, 7) is 4.21. The van der Waals surface area contributed by atoms with Gasteiger partial charge in [0.05, 0.1) is 35.6 Å². The van der Waals surface area contributed by atoms with Crippen molar-refractivity contribution in [3.05, 3.63) is 143 Å². The number of amides is 1. The highest BCUT2D eigenvalue weighted by Gasteiger charge is 2.48. The van der Waals surface area contributed by atoms with Crippen LogP contribution in [0.1, 0.15) is 46.8 Å². The first-order valence-corrected chi connectivity index (χ1v) is 26.9. The summed E-state index contributed by atoms with van der Waals surface area (Å²) in [4.78, 5) is 29.7.